The molecule has 2 aliphatic heterocycles. The standard InChI is InChI=1S/C21H31N3O2/c1-2-3-5-12-22-21(26)17-15-20(25)24(16-17)19-10-8-18(9-11-19)23-13-6-4-7-14-23/h8-11,17H,2-7,12-16H2,1H3,(H,22,26). The van der Waals surface area contributed by atoms with E-state index in [0.29, 0.717) is 19.5 Å². The molecule has 0 aliphatic carbocycles. The van der Waals surface area contributed by atoms with Crippen LogP contribution in [-0.2, 0) is 9.59 Å². The Hall–Kier alpha value is -2.04. The highest BCUT2D eigenvalue weighted by Crippen LogP contribution is 2.28. The molecule has 5 heteroatoms. The summed E-state index contributed by atoms with van der Waals surface area (Å²) in [5.74, 6) is -0.169. The second-order valence-electron chi connectivity index (χ2n) is 7.47. The summed E-state index contributed by atoms with van der Waals surface area (Å²) >= 11 is 0. The zero-order valence-corrected chi connectivity index (χ0v) is 15.9. The van der Waals surface area contributed by atoms with Gasteiger partial charge in [-0.1, -0.05) is 19.8 Å². The number of amides is 2. The number of piperidine rings is 1. The number of benzene rings is 1. The van der Waals surface area contributed by atoms with Crippen molar-refractivity contribution in [3.05, 3.63) is 24.3 Å². The molecule has 1 unspecified atom stereocenters. The number of hydrogen-bond acceptors (Lipinski definition) is 3. The normalized spacial score (nSPS) is 20.5. The molecule has 2 amide bonds. The minimum atomic E-state index is -0.231. The maximum absolute atomic E-state index is 12.4. The molecular weight excluding hydrogens is 326 g/mol. The second-order valence-corrected chi connectivity index (χ2v) is 7.47. The molecule has 142 valence electrons. The van der Waals surface area contributed by atoms with E-state index in [1.54, 1.807) is 4.90 Å². The Morgan fingerprint density at radius 1 is 1.08 bits per heavy atom. The Labute approximate surface area is 156 Å². The molecule has 1 aromatic rings. The summed E-state index contributed by atoms with van der Waals surface area (Å²) in [4.78, 5) is 28.9. The largest absolute Gasteiger partial charge is 0.372 e. The molecule has 0 spiro atoms. The SMILES string of the molecule is CCCCCNC(=O)C1CC(=O)N(c2ccc(N3CCCCC3)cc2)C1. The second kappa shape index (κ2) is 9.06. The zero-order chi connectivity index (χ0) is 18.4. The van der Waals surface area contributed by atoms with E-state index < -0.39 is 0 Å². The lowest BCUT2D eigenvalue weighted by atomic mass is 10.1. The first-order valence-corrected chi connectivity index (χ1v) is 10.1. The molecule has 1 atom stereocenters. The van der Waals surface area contributed by atoms with Crippen molar-refractivity contribution >= 4 is 23.2 Å². The van der Waals surface area contributed by atoms with Crippen LogP contribution in [0.1, 0.15) is 51.9 Å². The highest BCUT2D eigenvalue weighted by molar-refractivity contribution is 6.00. The predicted octanol–water partition coefficient (Wildman–Crippen LogP) is 3.34. The van der Waals surface area contributed by atoms with Crippen molar-refractivity contribution in [1.82, 2.24) is 5.32 Å². The van der Waals surface area contributed by atoms with Gasteiger partial charge in [0.05, 0.1) is 5.92 Å². The predicted molar refractivity (Wildman–Crippen MR) is 106 cm³/mol. The fraction of sp³-hybridized carbons (Fsp3) is 0.619. The first kappa shape index (κ1) is 18.7. The van der Waals surface area contributed by atoms with Gasteiger partial charge in [-0.15, -0.1) is 0 Å². The van der Waals surface area contributed by atoms with Crippen LogP contribution in [0.2, 0.25) is 0 Å². The molecule has 2 saturated heterocycles. The number of carbonyl (C=O) groups excluding carboxylic acids is 2. The van der Waals surface area contributed by atoms with Gasteiger partial charge in [-0.3, -0.25) is 9.59 Å². The van der Waals surface area contributed by atoms with E-state index in [1.165, 1.54) is 24.9 Å². The van der Waals surface area contributed by atoms with Gasteiger partial charge in [0.25, 0.3) is 0 Å². The van der Waals surface area contributed by atoms with Crippen LogP contribution >= 0.6 is 0 Å². The molecule has 0 radical (unpaired) electrons. The van der Waals surface area contributed by atoms with Gasteiger partial charge in [0.1, 0.15) is 0 Å². The first-order valence-electron chi connectivity index (χ1n) is 10.1. The Bertz CT molecular complexity index is 608. The third kappa shape index (κ3) is 4.57. The van der Waals surface area contributed by atoms with E-state index in [2.05, 4.69) is 29.3 Å². The van der Waals surface area contributed by atoms with Crippen molar-refractivity contribution in [1.29, 1.82) is 0 Å². The van der Waals surface area contributed by atoms with Crippen LogP contribution < -0.4 is 15.1 Å². The third-order valence-electron chi connectivity index (χ3n) is 5.46. The van der Waals surface area contributed by atoms with E-state index in [0.717, 1.165) is 38.0 Å². The molecular formula is C21H31N3O2. The van der Waals surface area contributed by atoms with Gasteiger partial charge in [0.15, 0.2) is 0 Å². The molecule has 2 heterocycles. The zero-order valence-electron chi connectivity index (χ0n) is 15.9. The molecule has 0 aromatic heterocycles. The Morgan fingerprint density at radius 2 is 1.77 bits per heavy atom. The maximum atomic E-state index is 12.4. The van der Waals surface area contributed by atoms with Gasteiger partial charge in [0.2, 0.25) is 11.8 Å². The number of rotatable bonds is 7. The molecule has 26 heavy (non-hydrogen) atoms. The van der Waals surface area contributed by atoms with Crippen LogP contribution in [0.25, 0.3) is 0 Å². The van der Waals surface area contributed by atoms with E-state index in [-0.39, 0.29) is 17.7 Å². The summed E-state index contributed by atoms with van der Waals surface area (Å²) in [6.45, 7) is 5.57. The summed E-state index contributed by atoms with van der Waals surface area (Å²) in [6, 6.07) is 8.24. The van der Waals surface area contributed by atoms with Gasteiger partial charge in [-0.25, -0.2) is 0 Å². The molecule has 5 nitrogen and oxygen atoms in total. The van der Waals surface area contributed by atoms with Crippen LogP contribution in [0, 0.1) is 5.92 Å². The van der Waals surface area contributed by atoms with Gasteiger partial charge in [-0.05, 0) is 49.9 Å². The van der Waals surface area contributed by atoms with E-state index in [9.17, 15) is 9.59 Å². The minimum absolute atomic E-state index is 0.0156. The minimum Gasteiger partial charge on any atom is -0.372 e. The number of nitrogens with one attached hydrogen (secondary N) is 1. The van der Waals surface area contributed by atoms with Crippen LogP contribution in [0.5, 0.6) is 0 Å². The van der Waals surface area contributed by atoms with Crippen molar-refractivity contribution in [2.75, 3.05) is 36.0 Å². The summed E-state index contributed by atoms with van der Waals surface area (Å²) in [5.41, 5.74) is 2.13. The molecule has 2 fully saturated rings. The van der Waals surface area contributed by atoms with Crippen molar-refractivity contribution in [3.63, 3.8) is 0 Å². The summed E-state index contributed by atoms with van der Waals surface area (Å²) in [6.07, 6.45) is 7.40. The summed E-state index contributed by atoms with van der Waals surface area (Å²) < 4.78 is 0. The smallest absolute Gasteiger partial charge is 0.227 e. The molecule has 2 aliphatic rings. The highest BCUT2D eigenvalue weighted by Gasteiger charge is 2.34. The maximum Gasteiger partial charge on any atom is 0.227 e. The van der Waals surface area contributed by atoms with Gasteiger partial charge >= 0.3 is 0 Å². The van der Waals surface area contributed by atoms with Crippen LogP contribution in [0.3, 0.4) is 0 Å². The fourth-order valence-electron chi connectivity index (χ4n) is 3.86. The van der Waals surface area contributed by atoms with Crippen molar-refractivity contribution in [2.24, 2.45) is 5.92 Å². The summed E-state index contributed by atoms with van der Waals surface area (Å²) in [5, 5.41) is 2.98. The molecule has 1 aromatic carbocycles. The first-order chi connectivity index (χ1) is 12.7. The topological polar surface area (TPSA) is 52.7 Å². The number of hydrogen-bond donors (Lipinski definition) is 1. The monoisotopic (exact) mass is 357 g/mol. The van der Waals surface area contributed by atoms with Crippen LogP contribution in [-0.4, -0.2) is 38.0 Å². The lowest BCUT2D eigenvalue weighted by Crippen LogP contribution is -2.33. The Morgan fingerprint density at radius 3 is 2.46 bits per heavy atom. The van der Waals surface area contributed by atoms with Crippen LogP contribution in [0.15, 0.2) is 24.3 Å². The Kier molecular flexibility index (Phi) is 6.53. The average molecular weight is 357 g/mol. The van der Waals surface area contributed by atoms with Crippen molar-refractivity contribution in [2.45, 2.75) is 51.9 Å². The highest BCUT2D eigenvalue weighted by atomic mass is 16.2. The van der Waals surface area contributed by atoms with Gasteiger partial charge in [-0.2, -0.15) is 0 Å². The number of anilines is 2. The van der Waals surface area contributed by atoms with Crippen molar-refractivity contribution < 1.29 is 9.59 Å². The van der Waals surface area contributed by atoms with Crippen LogP contribution in [0.4, 0.5) is 11.4 Å². The number of nitrogens with zero attached hydrogens (tertiary/aromatic N) is 2. The molecule has 3 rings (SSSR count). The molecule has 0 bridgehead atoms. The van der Waals surface area contributed by atoms with Gasteiger partial charge < -0.3 is 15.1 Å². The lowest BCUT2D eigenvalue weighted by molar-refractivity contribution is -0.126. The van der Waals surface area contributed by atoms with Crippen molar-refractivity contribution in [3.8, 4) is 0 Å². The van der Waals surface area contributed by atoms with Gasteiger partial charge in [0, 0.05) is 44.0 Å². The average Bonchev–Trinajstić information content (AvgIpc) is 3.08. The molecule has 1 N–H and O–H groups in total. The quantitative estimate of drug-likeness (QED) is 0.762. The Balaban J connectivity index is 1.55. The van der Waals surface area contributed by atoms with E-state index >= 15 is 0 Å². The molecule has 0 saturated carbocycles. The fourth-order valence-corrected chi connectivity index (χ4v) is 3.86. The van der Waals surface area contributed by atoms with E-state index in [1.807, 2.05) is 12.1 Å². The third-order valence-corrected chi connectivity index (χ3v) is 5.46. The number of carbonyl (C=O) groups is 2. The number of unbranched alkanes of at least 4 members (excludes halogenated alkanes) is 2. The van der Waals surface area contributed by atoms with E-state index in [4.69, 9.17) is 0 Å². The summed E-state index contributed by atoms with van der Waals surface area (Å²) in [7, 11) is 0. The lowest BCUT2D eigenvalue weighted by Gasteiger charge is -2.29.